The minimum Gasteiger partial charge on any atom is -0.391 e. The summed E-state index contributed by atoms with van der Waals surface area (Å²) in [5.74, 6) is 1.57. The molecule has 1 aromatic heterocycles. The van der Waals surface area contributed by atoms with E-state index >= 15 is 0 Å². The molecule has 0 bridgehead atoms. The van der Waals surface area contributed by atoms with Crippen molar-refractivity contribution in [2.24, 2.45) is 0 Å². The molecule has 5 heteroatoms. The van der Waals surface area contributed by atoms with Crippen molar-refractivity contribution in [1.29, 1.82) is 0 Å². The highest BCUT2D eigenvalue weighted by Gasteiger charge is 2.23. The van der Waals surface area contributed by atoms with Gasteiger partial charge in [0.05, 0.1) is 11.9 Å². The zero-order valence-electron chi connectivity index (χ0n) is 8.96. The van der Waals surface area contributed by atoms with E-state index in [-0.39, 0.29) is 12.0 Å². The molecule has 0 spiro atoms. The average Bonchev–Trinajstić information content (AvgIpc) is 2.89. The van der Waals surface area contributed by atoms with Gasteiger partial charge in [0.15, 0.2) is 0 Å². The van der Waals surface area contributed by atoms with Gasteiger partial charge in [-0.25, -0.2) is 0 Å². The SMILES string of the molecule is O=C(CSCc1cccs1)N1CCC(O)C1. The van der Waals surface area contributed by atoms with Crippen LogP contribution in [0, 0.1) is 0 Å². The maximum absolute atomic E-state index is 11.7. The van der Waals surface area contributed by atoms with Crippen molar-refractivity contribution in [2.45, 2.75) is 18.3 Å². The molecule has 1 atom stereocenters. The Morgan fingerprint density at radius 3 is 3.19 bits per heavy atom. The highest BCUT2D eigenvalue weighted by molar-refractivity contribution is 7.99. The van der Waals surface area contributed by atoms with Gasteiger partial charge in [0, 0.05) is 23.7 Å². The Labute approximate surface area is 103 Å². The molecule has 1 saturated heterocycles. The van der Waals surface area contributed by atoms with Gasteiger partial charge in [-0.15, -0.1) is 23.1 Å². The van der Waals surface area contributed by atoms with Crippen molar-refractivity contribution >= 4 is 29.0 Å². The summed E-state index contributed by atoms with van der Waals surface area (Å²) < 4.78 is 0. The molecule has 1 fully saturated rings. The number of carbonyl (C=O) groups excluding carboxylic acids is 1. The van der Waals surface area contributed by atoms with E-state index in [0.717, 1.165) is 12.2 Å². The first-order valence-electron chi connectivity index (χ1n) is 5.31. The Bertz CT molecular complexity index is 340. The van der Waals surface area contributed by atoms with Crippen molar-refractivity contribution in [2.75, 3.05) is 18.8 Å². The van der Waals surface area contributed by atoms with Crippen LogP contribution in [0.1, 0.15) is 11.3 Å². The van der Waals surface area contributed by atoms with Crippen molar-refractivity contribution in [3.8, 4) is 0 Å². The standard InChI is InChI=1S/C11H15NO2S2/c13-9-3-4-12(6-9)11(14)8-15-7-10-2-1-5-16-10/h1-2,5,9,13H,3-4,6-8H2. The number of hydrogen-bond donors (Lipinski definition) is 1. The van der Waals surface area contributed by atoms with Gasteiger partial charge in [0.1, 0.15) is 0 Å². The lowest BCUT2D eigenvalue weighted by Gasteiger charge is -2.14. The minimum absolute atomic E-state index is 0.151. The first-order valence-corrected chi connectivity index (χ1v) is 7.35. The van der Waals surface area contributed by atoms with Crippen LogP contribution in [0.15, 0.2) is 17.5 Å². The summed E-state index contributed by atoms with van der Waals surface area (Å²) in [7, 11) is 0. The molecule has 2 rings (SSSR count). The van der Waals surface area contributed by atoms with Crippen LogP contribution in [0.3, 0.4) is 0 Å². The fourth-order valence-corrected chi connectivity index (χ4v) is 3.46. The Balaban J connectivity index is 1.68. The van der Waals surface area contributed by atoms with Crippen molar-refractivity contribution in [3.05, 3.63) is 22.4 Å². The predicted octanol–water partition coefficient (Wildman–Crippen LogP) is 1.57. The maximum Gasteiger partial charge on any atom is 0.232 e. The molecular weight excluding hydrogens is 242 g/mol. The van der Waals surface area contributed by atoms with Crippen molar-refractivity contribution < 1.29 is 9.90 Å². The Morgan fingerprint density at radius 2 is 2.56 bits per heavy atom. The summed E-state index contributed by atoms with van der Waals surface area (Å²) in [6.07, 6.45) is 0.410. The molecule has 1 unspecified atom stereocenters. The van der Waals surface area contributed by atoms with E-state index in [4.69, 9.17) is 0 Å². The van der Waals surface area contributed by atoms with Gasteiger partial charge < -0.3 is 10.0 Å². The normalized spacial score (nSPS) is 20.3. The molecule has 1 aliphatic heterocycles. The van der Waals surface area contributed by atoms with E-state index in [1.54, 1.807) is 28.0 Å². The minimum atomic E-state index is -0.314. The first-order chi connectivity index (χ1) is 7.75. The van der Waals surface area contributed by atoms with Crippen LogP contribution < -0.4 is 0 Å². The topological polar surface area (TPSA) is 40.5 Å². The number of thiophene rings is 1. The maximum atomic E-state index is 11.7. The summed E-state index contributed by atoms with van der Waals surface area (Å²) in [4.78, 5) is 14.8. The van der Waals surface area contributed by atoms with Gasteiger partial charge in [-0.1, -0.05) is 6.07 Å². The molecule has 1 N–H and O–H groups in total. The molecule has 0 radical (unpaired) electrons. The smallest absolute Gasteiger partial charge is 0.232 e. The largest absolute Gasteiger partial charge is 0.391 e. The van der Waals surface area contributed by atoms with Gasteiger partial charge in [-0.05, 0) is 17.9 Å². The fourth-order valence-electron chi connectivity index (χ4n) is 1.69. The fraction of sp³-hybridized carbons (Fsp3) is 0.545. The molecule has 2 heterocycles. The molecule has 1 aliphatic rings. The van der Waals surface area contributed by atoms with E-state index in [9.17, 15) is 9.90 Å². The summed E-state index contributed by atoms with van der Waals surface area (Å²) in [6.45, 7) is 1.22. The van der Waals surface area contributed by atoms with Gasteiger partial charge in [0.25, 0.3) is 0 Å². The summed E-state index contributed by atoms with van der Waals surface area (Å²) >= 11 is 3.37. The molecule has 88 valence electrons. The second-order valence-electron chi connectivity index (χ2n) is 3.85. The van der Waals surface area contributed by atoms with Crippen LogP contribution in [-0.2, 0) is 10.5 Å². The van der Waals surface area contributed by atoms with Gasteiger partial charge in [-0.3, -0.25) is 4.79 Å². The van der Waals surface area contributed by atoms with Crippen LogP contribution in [0.5, 0.6) is 0 Å². The first kappa shape index (κ1) is 12.0. The van der Waals surface area contributed by atoms with E-state index < -0.39 is 0 Å². The number of hydrogen-bond acceptors (Lipinski definition) is 4. The number of β-amino-alcohol motifs (C(OH)–C–C–N with tert-alkyl or cyclic N) is 1. The van der Waals surface area contributed by atoms with E-state index in [2.05, 4.69) is 11.4 Å². The number of thioether (sulfide) groups is 1. The molecule has 1 amide bonds. The number of carbonyl (C=O) groups is 1. The third-order valence-electron chi connectivity index (χ3n) is 2.57. The molecule has 3 nitrogen and oxygen atoms in total. The second kappa shape index (κ2) is 5.70. The Kier molecular flexibility index (Phi) is 4.26. The number of rotatable bonds is 4. The lowest BCUT2D eigenvalue weighted by atomic mass is 10.3. The van der Waals surface area contributed by atoms with Crippen LogP contribution in [0.25, 0.3) is 0 Å². The van der Waals surface area contributed by atoms with Crippen molar-refractivity contribution in [1.82, 2.24) is 4.90 Å². The molecule has 0 aromatic carbocycles. The third kappa shape index (κ3) is 3.23. The zero-order valence-corrected chi connectivity index (χ0v) is 10.6. The van der Waals surface area contributed by atoms with Gasteiger partial charge >= 0.3 is 0 Å². The molecule has 16 heavy (non-hydrogen) atoms. The number of nitrogens with zero attached hydrogens (tertiary/aromatic N) is 1. The molecular formula is C11H15NO2S2. The highest BCUT2D eigenvalue weighted by atomic mass is 32.2. The lowest BCUT2D eigenvalue weighted by Crippen LogP contribution is -2.30. The lowest BCUT2D eigenvalue weighted by molar-refractivity contribution is -0.127. The molecule has 0 aliphatic carbocycles. The molecule has 1 aromatic rings. The van der Waals surface area contributed by atoms with E-state index in [0.29, 0.717) is 18.8 Å². The number of aliphatic hydroxyl groups excluding tert-OH is 1. The van der Waals surface area contributed by atoms with Gasteiger partial charge in [-0.2, -0.15) is 0 Å². The Morgan fingerprint density at radius 1 is 1.69 bits per heavy atom. The zero-order chi connectivity index (χ0) is 11.4. The van der Waals surface area contributed by atoms with Gasteiger partial charge in [0.2, 0.25) is 5.91 Å². The highest BCUT2D eigenvalue weighted by Crippen LogP contribution is 2.18. The average molecular weight is 257 g/mol. The monoisotopic (exact) mass is 257 g/mol. The third-order valence-corrected chi connectivity index (χ3v) is 4.59. The van der Waals surface area contributed by atoms with Crippen LogP contribution in [0.2, 0.25) is 0 Å². The summed E-state index contributed by atoms with van der Waals surface area (Å²) in [5.41, 5.74) is 0. The quantitative estimate of drug-likeness (QED) is 0.890. The van der Waals surface area contributed by atoms with Crippen LogP contribution >= 0.6 is 23.1 Å². The predicted molar refractivity (Wildman–Crippen MR) is 67.7 cm³/mol. The summed E-state index contributed by atoms with van der Waals surface area (Å²) in [5, 5.41) is 11.4. The second-order valence-corrected chi connectivity index (χ2v) is 5.87. The number of likely N-dealkylation sites (tertiary alicyclic amines) is 1. The Hall–Kier alpha value is -0.520. The van der Waals surface area contributed by atoms with Crippen molar-refractivity contribution in [3.63, 3.8) is 0 Å². The van der Waals surface area contributed by atoms with E-state index in [1.165, 1.54) is 4.88 Å². The molecule has 0 saturated carbocycles. The number of aliphatic hydroxyl groups is 1. The summed E-state index contributed by atoms with van der Waals surface area (Å²) in [6, 6.07) is 4.11. The van der Waals surface area contributed by atoms with E-state index in [1.807, 2.05) is 6.07 Å². The van der Waals surface area contributed by atoms with Crippen LogP contribution in [-0.4, -0.2) is 40.9 Å². The van der Waals surface area contributed by atoms with Crippen LogP contribution in [0.4, 0.5) is 0 Å². The number of amides is 1.